The van der Waals surface area contributed by atoms with E-state index >= 15 is 0 Å². The van der Waals surface area contributed by atoms with Crippen LogP contribution in [0.3, 0.4) is 0 Å². The van der Waals surface area contributed by atoms with Gasteiger partial charge in [-0.2, -0.15) is 0 Å². The smallest absolute Gasteiger partial charge is 0.338 e. The lowest BCUT2D eigenvalue weighted by Gasteiger charge is -2.18. The third-order valence-electron chi connectivity index (χ3n) is 4.12. The molecule has 1 aliphatic heterocycles. The third-order valence-corrected chi connectivity index (χ3v) is 5.50. The quantitative estimate of drug-likeness (QED) is 0.543. The summed E-state index contributed by atoms with van der Waals surface area (Å²) >= 11 is 1.32. The molecule has 0 spiro atoms. The predicted molar refractivity (Wildman–Crippen MR) is 104 cm³/mol. The summed E-state index contributed by atoms with van der Waals surface area (Å²) in [5, 5.41) is -0.329. The Morgan fingerprint density at radius 1 is 0.893 bits per heavy atom. The molecule has 2 aromatic rings. The molecule has 0 aliphatic carbocycles. The van der Waals surface area contributed by atoms with Gasteiger partial charge in [0.1, 0.15) is 12.7 Å². The largest absolute Gasteiger partial charge is 0.461 e. The molecule has 1 fully saturated rings. The zero-order valence-corrected chi connectivity index (χ0v) is 16.1. The van der Waals surface area contributed by atoms with E-state index in [4.69, 9.17) is 14.2 Å². The molecule has 1 unspecified atom stereocenters. The second kappa shape index (κ2) is 9.41. The summed E-state index contributed by atoms with van der Waals surface area (Å²) in [6, 6.07) is 17.3. The van der Waals surface area contributed by atoms with Gasteiger partial charge in [-0.1, -0.05) is 36.4 Å². The average molecular weight is 400 g/mol. The minimum atomic E-state index is -0.536. The normalized spacial score (nSPS) is 21.0. The highest BCUT2D eigenvalue weighted by Gasteiger charge is 2.40. The van der Waals surface area contributed by atoms with Crippen molar-refractivity contribution in [3.8, 4) is 0 Å². The summed E-state index contributed by atoms with van der Waals surface area (Å²) < 4.78 is 16.3. The maximum Gasteiger partial charge on any atom is 0.338 e. The van der Waals surface area contributed by atoms with Crippen LogP contribution in [-0.4, -0.2) is 41.3 Å². The number of benzene rings is 2. The van der Waals surface area contributed by atoms with Crippen molar-refractivity contribution in [2.45, 2.75) is 30.1 Å². The van der Waals surface area contributed by atoms with Gasteiger partial charge < -0.3 is 14.2 Å². The van der Waals surface area contributed by atoms with Crippen molar-refractivity contribution in [1.82, 2.24) is 0 Å². The molecule has 1 aliphatic rings. The van der Waals surface area contributed by atoms with Crippen LogP contribution < -0.4 is 0 Å². The predicted octanol–water partition coefficient (Wildman–Crippen LogP) is 3.46. The first-order chi connectivity index (χ1) is 13.5. The molecule has 3 atom stereocenters. The van der Waals surface area contributed by atoms with E-state index in [9.17, 15) is 14.4 Å². The second-order valence-corrected chi connectivity index (χ2v) is 7.63. The minimum absolute atomic E-state index is 0.0445. The van der Waals surface area contributed by atoms with Crippen molar-refractivity contribution in [3.05, 3.63) is 71.8 Å². The lowest BCUT2D eigenvalue weighted by molar-refractivity contribution is -0.142. The van der Waals surface area contributed by atoms with Crippen LogP contribution in [0, 0.1) is 0 Å². The number of carbonyl (C=O) groups excluding carboxylic acids is 3. The highest BCUT2D eigenvalue weighted by Crippen LogP contribution is 2.37. The van der Waals surface area contributed by atoms with Gasteiger partial charge in [0.05, 0.1) is 16.4 Å². The molecule has 3 rings (SSSR count). The zero-order valence-electron chi connectivity index (χ0n) is 15.3. The molecule has 0 radical (unpaired) electrons. The number of rotatable bonds is 6. The number of hydrogen-bond acceptors (Lipinski definition) is 7. The number of thioether (sulfide) groups is 1. The highest BCUT2D eigenvalue weighted by molar-refractivity contribution is 8.00. The van der Waals surface area contributed by atoms with E-state index in [-0.39, 0.29) is 11.9 Å². The lowest BCUT2D eigenvalue weighted by atomic mass is 10.2. The Morgan fingerprint density at radius 2 is 1.46 bits per heavy atom. The molecule has 0 bridgehead atoms. The van der Waals surface area contributed by atoms with Gasteiger partial charge in [-0.3, -0.25) is 4.79 Å². The van der Waals surface area contributed by atoms with Crippen LogP contribution in [0.2, 0.25) is 0 Å². The molecule has 0 N–H and O–H groups in total. The molecule has 6 nitrogen and oxygen atoms in total. The fourth-order valence-corrected chi connectivity index (χ4v) is 4.18. The van der Waals surface area contributed by atoms with Crippen molar-refractivity contribution in [2.75, 3.05) is 6.61 Å². The minimum Gasteiger partial charge on any atom is -0.461 e. The van der Waals surface area contributed by atoms with Gasteiger partial charge in [0, 0.05) is 13.3 Å². The summed E-state index contributed by atoms with van der Waals surface area (Å²) in [4.78, 5) is 35.9. The van der Waals surface area contributed by atoms with E-state index in [2.05, 4.69) is 0 Å². The lowest BCUT2D eigenvalue weighted by Crippen LogP contribution is -2.29. The van der Waals surface area contributed by atoms with E-state index in [0.29, 0.717) is 17.5 Å². The molecule has 0 saturated carbocycles. The molecule has 28 heavy (non-hydrogen) atoms. The standard InChI is InChI=1S/C21H20O6S/c1-14(22)26-19-12-17(27-21(24)16-10-6-3-7-11-16)18(28-19)13-25-20(23)15-8-4-2-5-9-15/h2-11,17-19H,12-13H2,1H3/t17-,18+,19?/m1/s1. The Balaban J connectivity index is 1.64. The van der Waals surface area contributed by atoms with Crippen molar-refractivity contribution in [3.63, 3.8) is 0 Å². The topological polar surface area (TPSA) is 78.9 Å². The van der Waals surface area contributed by atoms with Crippen LogP contribution in [0.4, 0.5) is 0 Å². The fourth-order valence-electron chi connectivity index (χ4n) is 2.81. The van der Waals surface area contributed by atoms with Crippen molar-refractivity contribution in [2.24, 2.45) is 0 Å². The van der Waals surface area contributed by atoms with Gasteiger partial charge in [-0.15, -0.1) is 11.8 Å². The van der Waals surface area contributed by atoms with E-state index in [0.717, 1.165) is 0 Å². The number of esters is 3. The van der Waals surface area contributed by atoms with Crippen molar-refractivity contribution in [1.29, 1.82) is 0 Å². The molecular formula is C21H20O6S. The second-order valence-electron chi connectivity index (χ2n) is 6.22. The molecule has 0 amide bonds. The summed E-state index contributed by atoms with van der Waals surface area (Å²) in [5.41, 5.74) is 0.426. The fraction of sp³-hybridized carbons (Fsp3) is 0.286. The third kappa shape index (κ3) is 5.36. The average Bonchev–Trinajstić information content (AvgIpc) is 3.07. The molecule has 1 heterocycles. The van der Waals surface area contributed by atoms with Gasteiger partial charge in [0.2, 0.25) is 0 Å². The summed E-state index contributed by atoms with van der Waals surface area (Å²) in [6.07, 6.45) is -0.193. The first-order valence-corrected chi connectivity index (χ1v) is 9.78. The Bertz CT molecular complexity index is 823. The van der Waals surface area contributed by atoms with Gasteiger partial charge in [-0.25, -0.2) is 9.59 Å². The van der Waals surface area contributed by atoms with Crippen LogP contribution in [0.15, 0.2) is 60.7 Å². The summed E-state index contributed by atoms with van der Waals surface area (Å²) in [7, 11) is 0. The highest BCUT2D eigenvalue weighted by atomic mass is 32.2. The van der Waals surface area contributed by atoms with Crippen LogP contribution >= 0.6 is 11.8 Å². The molecule has 0 aromatic heterocycles. The first kappa shape index (κ1) is 19.9. The first-order valence-electron chi connectivity index (χ1n) is 8.84. The van der Waals surface area contributed by atoms with Crippen LogP contribution in [0.5, 0.6) is 0 Å². The number of ether oxygens (including phenoxy) is 3. The van der Waals surface area contributed by atoms with Gasteiger partial charge in [-0.05, 0) is 24.3 Å². The zero-order chi connectivity index (χ0) is 19.9. The van der Waals surface area contributed by atoms with Crippen LogP contribution in [0.1, 0.15) is 34.1 Å². The van der Waals surface area contributed by atoms with Crippen molar-refractivity contribution >= 4 is 29.7 Å². The van der Waals surface area contributed by atoms with Crippen LogP contribution in [0.25, 0.3) is 0 Å². The molecule has 2 aromatic carbocycles. The van der Waals surface area contributed by atoms with Crippen molar-refractivity contribution < 1.29 is 28.6 Å². The van der Waals surface area contributed by atoms with Gasteiger partial charge >= 0.3 is 17.9 Å². The van der Waals surface area contributed by atoms with E-state index in [1.807, 2.05) is 12.1 Å². The van der Waals surface area contributed by atoms with Gasteiger partial charge in [0.25, 0.3) is 0 Å². The summed E-state index contributed by atoms with van der Waals surface area (Å²) in [6.45, 7) is 1.37. The Morgan fingerprint density at radius 3 is 2.04 bits per heavy atom. The molecule has 146 valence electrons. The van der Waals surface area contributed by atoms with Gasteiger partial charge in [0.15, 0.2) is 5.44 Å². The number of carbonyl (C=O) groups is 3. The Labute approximate surface area is 167 Å². The molecule has 1 saturated heterocycles. The maximum absolute atomic E-state index is 12.4. The Kier molecular flexibility index (Phi) is 6.71. The van der Waals surface area contributed by atoms with Crippen LogP contribution in [-0.2, 0) is 19.0 Å². The SMILES string of the molecule is CC(=O)OC1C[C@@H](OC(=O)c2ccccc2)[C@H](COC(=O)c2ccccc2)S1. The maximum atomic E-state index is 12.4. The van der Waals surface area contributed by atoms with E-state index in [1.54, 1.807) is 48.5 Å². The Hall–Kier alpha value is -2.80. The van der Waals surface area contributed by atoms with E-state index in [1.165, 1.54) is 18.7 Å². The number of hydrogen-bond donors (Lipinski definition) is 0. The summed E-state index contributed by atoms with van der Waals surface area (Å²) in [5.74, 6) is -1.33. The monoisotopic (exact) mass is 400 g/mol. The molecule has 7 heteroatoms. The van der Waals surface area contributed by atoms with E-state index < -0.39 is 29.4 Å². The molecular weight excluding hydrogens is 380 g/mol.